The summed E-state index contributed by atoms with van der Waals surface area (Å²) in [6, 6.07) is 40.2. The molecule has 0 spiro atoms. The first-order valence-corrected chi connectivity index (χ1v) is 42.6. The largest absolute Gasteiger partial charge is 0.490 e. The van der Waals surface area contributed by atoms with Gasteiger partial charge in [-0.15, -0.1) is 0 Å². The Kier molecular flexibility index (Phi) is 39.6. The van der Waals surface area contributed by atoms with E-state index in [4.69, 9.17) is 37.9 Å². The smallest absolute Gasteiger partial charge is 0.407 e. The Morgan fingerprint density at radius 1 is 0.424 bits per heavy atom. The summed E-state index contributed by atoms with van der Waals surface area (Å²) in [5.74, 6) is 1.35. The standard InChI is InChI=1S/C40H60N4O7.C31H43NO5.C23H36N2O5/c1-26(2)23-33(38(47)49-25-30-15-11-10-12-16-30)43-36(45)29(5)44(9)37(46)35(32-21-22-32)41-24-28(4)50-34-18-14-13-17-31(34)20-19-27(3)42-39(48)51-40(6,7)8;1-22(32-30(34)37-31(3,4)5)15-17-26-13-9-10-14-28(26)36-23(2)16-20-27(25-18-19-25)29(33)35-21-24-11-7-6-8-12-24;1-15(25-22(28)30-23(3,4)5)10-11-17-8-6-7-9-19(17)29-16(2)14-24-20(21(26)27)18-12-13-18/h10-18,26-29,32-33,35,41H,19-25H2,1-9H3,(H,42,48)(H,43,45);6-14,22-23,25,27H,15-21H2,1-5H3,(H,32,34);6-9,15-16,18,20,24H,10-14H2,1-5H3,(H,25,28)(H,26,27)/t27-,28-,29-,33-,35+;22-,23-,27+;15-,16-,20+/m111/s1. The van der Waals surface area contributed by atoms with Gasteiger partial charge < -0.3 is 79.8 Å². The van der Waals surface area contributed by atoms with Crippen LogP contribution in [0.1, 0.15) is 229 Å². The maximum absolute atomic E-state index is 13.8. The van der Waals surface area contributed by atoms with Gasteiger partial charge in [0.15, 0.2) is 0 Å². The summed E-state index contributed by atoms with van der Waals surface area (Å²) in [7, 11) is 1.63. The summed E-state index contributed by atoms with van der Waals surface area (Å²) in [5.41, 5.74) is 3.46. The highest BCUT2D eigenvalue weighted by atomic mass is 16.6. The number of carboxylic acid groups (broad SMARTS) is 1. The maximum Gasteiger partial charge on any atom is 0.407 e. The van der Waals surface area contributed by atoms with E-state index in [0.717, 1.165) is 122 Å². The molecule has 24 nitrogen and oxygen atoms in total. The lowest BCUT2D eigenvalue weighted by Gasteiger charge is -2.30. The molecule has 8 rings (SSSR count). The Morgan fingerprint density at radius 2 is 0.771 bits per heavy atom. The van der Waals surface area contributed by atoms with E-state index in [-0.39, 0.29) is 78.6 Å². The molecular formula is C94H139N7O17. The zero-order valence-corrected chi connectivity index (χ0v) is 73.7. The second-order valence-electron chi connectivity index (χ2n) is 35.7. The van der Waals surface area contributed by atoms with E-state index in [1.54, 1.807) is 14.0 Å². The van der Waals surface area contributed by atoms with Crippen molar-refractivity contribution in [3.8, 4) is 17.2 Å². The van der Waals surface area contributed by atoms with Gasteiger partial charge in [0.2, 0.25) is 11.8 Å². The van der Waals surface area contributed by atoms with Gasteiger partial charge in [0, 0.05) is 38.3 Å². The topological polar surface area (TPSA) is 306 Å². The molecule has 0 bridgehead atoms. The van der Waals surface area contributed by atoms with Gasteiger partial charge in [0.05, 0.1) is 18.1 Å². The minimum atomic E-state index is -0.824. The minimum Gasteiger partial charge on any atom is -0.490 e. The number of benzene rings is 5. The van der Waals surface area contributed by atoms with Crippen LogP contribution in [0.5, 0.6) is 17.2 Å². The van der Waals surface area contributed by atoms with E-state index in [1.807, 2.05) is 238 Å². The normalized spacial score (nSPS) is 16.1. The third-order valence-corrected chi connectivity index (χ3v) is 20.1. The summed E-state index contributed by atoms with van der Waals surface area (Å²) >= 11 is 0. The fourth-order valence-electron chi connectivity index (χ4n) is 13.2. The van der Waals surface area contributed by atoms with Gasteiger partial charge in [-0.3, -0.25) is 19.2 Å². The van der Waals surface area contributed by atoms with Crippen molar-refractivity contribution in [2.45, 2.75) is 312 Å². The molecule has 3 aliphatic carbocycles. The molecule has 3 aliphatic rings. The van der Waals surface area contributed by atoms with Gasteiger partial charge in [-0.2, -0.15) is 0 Å². The monoisotopic (exact) mass is 1640 g/mol. The summed E-state index contributed by atoms with van der Waals surface area (Å²) in [4.78, 5) is 102. The Balaban J connectivity index is 0.000000286. The van der Waals surface area contributed by atoms with Crippen LogP contribution in [0.4, 0.5) is 14.4 Å². The molecule has 0 unspecified atom stereocenters. The van der Waals surface area contributed by atoms with E-state index >= 15 is 0 Å². The molecule has 652 valence electrons. The van der Waals surface area contributed by atoms with Gasteiger partial charge in [0.1, 0.15) is 77.6 Å². The number of carbonyl (C=O) groups is 8. The highest BCUT2D eigenvalue weighted by Crippen LogP contribution is 2.41. The Morgan fingerprint density at radius 3 is 1.14 bits per heavy atom. The predicted molar refractivity (Wildman–Crippen MR) is 459 cm³/mol. The number of likely N-dealkylation sites (N-methyl/N-ethyl adjacent to an activating group) is 1. The highest BCUT2D eigenvalue weighted by molar-refractivity contribution is 5.92. The molecule has 0 aliphatic heterocycles. The third-order valence-electron chi connectivity index (χ3n) is 20.1. The summed E-state index contributed by atoms with van der Waals surface area (Å²) in [6.07, 6.45) is 10.7. The fraction of sp³-hybridized carbons (Fsp3) is 0.596. The quantitative estimate of drug-likeness (QED) is 0.0141. The average Bonchev–Trinajstić information content (AvgIpc) is 1.64. The number of alkyl carbamates (subject to hydrolysis) is 3. The molecule has 0 aromatic heterocycles. The van der Waals surface area contributed by atoms with Crippen LogP contribution in [0.15, 0.2) is 133 Å². The van der Waals surface area contributed by atoms with E-state index < -0.39 is 77.1 Å². The Labute approximate surface area is 702 Å². The third kappa shape index (κ3) is 38.5. The fourth-order valence-corrected chi connectivity index (χ4v) is 13.2. The minimum absolute atomic E-state index is 0.0263. The molecule has 3 saturated carbocycles. The Hall–Kier alpha value is -9.42. The van der Waals surface area contributed by atoms with Crippen molar-refractivity contribution in [2.75, 3.05) is 20.1 Å². The number of para-hydroxylation sites is 3. The lowest BCUT2D eigenvalue weighted by molar-refractivity contribution is -0.151. The number of hydrogen-bond donors (Lipinski definition) is 7. The molecule has 7 N–H and O–H groups in total. The molecule has 0 saturated heterocycles. The van der Waals surface area contributed by atoms with Crippen LogP contribution < -0.4 is 46.1 Å². The molecule has 11 atom stereocenters. The maximum atomic E-state index is 13.8. The second-order valence-corrected chi connectivity index (χ2v) is 35.7. The molecular weight excluding hydrogens is 1500 g/mol. The van der Waals surface area contributed by atoms with Gasteiger partial charge >= 0.3 is 36.2 Å². The molecule has 0 radical (unpaired) electrons. The summed E-state index contributed by atoms with van der Waals surface area (Å²) in [5, 5.41) is 27.4. The summed E-state index contributed by atoms with van der Waals surface area (Å²) in [6.45, 7) is 35.4. The van der Waals surface area contributed by atoms with Crippen molar-refractivity contribution in [3.05, 3.63) is 161 Å². The number of rotatable bonds is 43. The highest BCUT2D eigenvalue weighted by Gasteiger charge is 2.41. The van der Waals surface area contributed by atoms with Crippen LogP contribution in [-0.4, -0.2) is 156 Å². The van der Waals surface area contributed by atoms with Gasteiger partial charge in [0.25, 0.3) is 0 Å². The lowest BCUT2D eigenvalue weighted by atomic mass is 9.96. The van der Waals surface area contributed by atoms with Crippen LogP contribution in [-0.2, 0) is 80.1 Å². The van der Waals surface area contributed by atoms with Gasteiger partial charge in [-0.1, -0.05) is 129 Å². The molecule has 118 heavy (non-hydrogen) atoms. The van der Waals surface area contributed by atoms with Crippen LogP contribution in [0.25, 0.3) is 0 Å². The van der Waals surface area contributed by atoms with E-state index in [0.29, 0.717) is 44.9 Å². The van der Waals surface area contributed by atoms with E-state index in [9.17, 15) is 43.5 Å². The number of amides is 5. The number of nitrogens with zero attached hydrogens (tertiary/aromatic N) is 1. The van der Waals surface area contributed by atoms with Crippen LogP contribution in [0.2, 0.25) is 0 Å². The molecule has 5 aromatic carbocycles. The number of esters is 2. The summed E-state index contributed by atoms with van der Waals surface area (Å²) < 4.78 is 46.0. The first-order valence-electron chi connectivity index (χ1n) is 42.6. The average molecular weight is 1640 g/mol. The molecule has 0 heterocycles. The van der Waals surface area contributed by atoms with Crippen molar-refractivity contribution < 1.29 is 81.4 Å². The predicted octanol–water partition coefficient (Wildman–Crippen LogP) is 16.4. The van der Waals surface area contributed by atoms with Gasteiger partial charge in [-0.05, 0) is 277 Å². The van der Waals surface area contributed by atoms with Crippen LogP contribution >= 0.6 is 0 Å². The number of nitrogens with one attached hydrogen (secondary N) is 6. The van der Waals surface area contributed by atoms with Crippen molar-refractivity contribution in [2.24, 2.45) is 29.6 Å². The van der Waals surface area contributed by atoms with Crippen LogP contribution in [0, 0.1) is 29.6 Å². The number of aliphatic carboxylic acids is 1. The lowest BCUT2D eigenvalue weighted by Crippen LogP contribution is -2.56. The molecule has 24 heteroatoms. The number of carbonyl (C=O) groups excluding carboxylic acids is 7. The SMILES string of the molecule is CC(C)C[C@@H](NC(=O)[C@@H](C)N(C)C(=O)[C@@H](NC[C@@H](C)Oc1ccccc1CC[C@@H](C)NC(=O)OC(C)(C)C)C1CC1)C(=O)OCc1ccccc1.C[C@H](CCc1ccccc1O[C@H](C)CC[C@H](C(=O)OCc1ccccc1)C1CC1)NC(=O)OC(C)(C)C.C[C@H](CCc1ccccc1O[C@H](C)CN[C@H](C(=O)O)C1CC1)NC(=O)OC(C)(C)C. The molecule has 3 fully saturated rings. The van der Waals surface area contributed by atoms with E-state index in [1.165, 1.54) is 4.90 Å². The van der Waals surface area contributed by atoms with Crippen molar-refractivity contribution in [1.82, 2.24) is 36.8 Å². The zero-order chi connectivity index (χ0) is 86.9. The van der Waals surface area contributed by atoms with E-state index in [2.05, 4.69) is 44.9 Å². The number of aryl methyl sites for hydroxylation is 3. The van der Waals surface area contributed by atoms with Crippen molar-refractivity contribution in [3.63, 3.8) is 0 Å². The first-order chi connectivity index (χ1) is 55.7. The Bertz CT molecular complexity index is 3900. The molecule has 5 aromatic rings. The first kappa shape index (κ1) is 97.4. The number of carboxylic acids is 1. The number of ether oxygens (including phenoxy) is 8. The van der Waals surface area contributed by atoms with Crippen molar-refractivity contribution in [1.29, 1.82) is 0 Å². The second kappa shape index (κ2) is 48.0. The van der Waals surface area contributed by atoms with Crippen molar-refractivity contribution >= 4 is 48.0 Å². The van der Waals surface area contributed by atoms with Gasteiger partial charge in [-0.25, -0.2) is 19.2 Å². The number of hydrogen-bond acceptors (Lipinski definition) is 18. The zero-order valence-electron chi connectivity index (χ0n) is 73.7. The van der Waals surface area contributed by atoms with Crippen LogP contribution in [0.3, 0.4) is 0 Å². The molecule has 5 amide bonds.